The van der Waals surface area contributed by atoms with Gasteiger partial charge in [-0.1, -0.05) is 49.7 Å². The molecule has 7 heteroatoms. The second kappa shape index (κ2) is 9.17. The van der Waals surface area contributed by atoms with E-state index >= 15 is 0 Å². The summed E-state index contributed by atoms with van der Waals surface area (Å²) < 4.78 is 0. The maximum Gasteiger partial charge on any atom is 0.307 e. The largest absolute Gasteiger partial charge is 0.481 e. The molecule has 156 valence electrons. The van der Waals surface area contributed by atoms with Gasteiger partial charge in [0.15, 0.2) is 5.82 Å². The van der Waals surface area contributed by atoms with Crippen LogP contribution in [-0.4, -0.2) is 38.2 Å². The molecule has 0 saturated heterocycles. The predicted molar refractivity (Wildman–Crippen MR) is 114 cm³/mol. The van der Waals surface area contributed by atoms with Crippen molar-refractivity contribution in [2.45, 2.75) is 45.1 Å². The first-order valence-corrected chi connectivity index (χ1v) is 10.5. The summed E-state index contributed by atoms with van der Waals surface area (Å²) in [5.74, 6) is -1.10. The van der Waals surface area contributed by atoms with Crippen LogP contribution in [0.25, 0.3) is 11.1 Å². The molecule has 2 aromatic carbocycles. The van der Waals surface area contributed by atoms with E-state index in [1.54, 1.807) is 0 Å². The van der Waals surface area contributed by atoms with Gasteiger partial charge < -0.3 is 10.4 Å². The van der Waals surface area contributed by atoms with Crippen molar-refractivity contribution in [1.29, 1.82) is 0 Å². The molecule has 4 rings (SSSR count). The van der Waals surface area contributed by atoms with E-state index in [0.717, 1.165) is 37.1 Å². The molecule has 0 unspecified atom stereocenters. The lowest BCUT2D eigenvalue weighted by molar-refractivity contribution is -0.142. The molecular formula is C23H27N5O2. The van der Waals surface area contributed by atoms with E-state index in [-0.39, 0.29) is 5.92 Å². The average Bonchev–Trinajstić information content (AvgIpc) is 3.31. The number of H-pyrrole nitrogens is 1. The zero-order valence-corrected chi connectivity index (χ0v) is 17.1. The number of carbonyl (C=O) groups is 1. The van der Waals surface area contributed by atoms with Crippen LogP contribution in [0.5, 0.6) is 0 Å². The molecule has 0 bridgehead atoms. The quantitative estimate of drug-likeness (QED) is 0.531. The van der Waals surface area contributed by atoms with Crippen molar-refractivity contribution in [3.63, 3.8) is 0 Å². The number of fused-ring (bicyclic) bond motifs is 1. The number of nitrogens with zero attached hydrogens (tertiary/aromatic N) is 3. The number of hydrogen-bond donors (Lipinski definition) is 3. The molecule has 3 aromatic rings. The molecular weight excluding hydrogens is 378 g/mol. The average molecular weight is 406 g/mol. The minimum absolute atomic E-state index is 0.293. The predicted octanol–water partition coefficient (Wildman–Crippen LogP) is 3.34. The van der Waals surface area contributed by atoms with Gasteiger partial charge in [-0.3, -0.25) is 4.79 Å². The Morgan fingerprint density at radius 1 is 1.13 bits per heavy atom. The summed E-state index contributed by atoms with van der Waals surface area (Å²) in [5, 5.41) is 27.3. The second-order valence-corrected chi connectivity index (χ2v) is 7.94. The highest BCUT2D eigenvalue weighted by Gasteiger charge is 2.31. The van der Waals surface area contributed by atoms with Gasteiger partial charge in [0.1, 0.15) is 0 Å². The summed E-state index contributed by atoms with van der Waals surface area (Å²) >= 11 is 0. The minimum atomic E-state index is -0.808. The fourth-order valence-corrected chi connectivity index (χ4v) is 4.31. The maximum atomic E-state index is 11.9. The van der Waals surface area contributed by atoms with Gasteiger partial charge in [0.05, 0.1) is 5.92 Å². The smallest absolute Gasteiger partial charge is 0.307 e. The summed E-state index contributed by atoms with van der Waals surface area (Å²) in [6.45, 7) is 3.95. The Kier molecular flexibility index (Phi) is 6.18. The molecule has 3 N–H and O–H groups in total. The monoisotopic (exact) mass is 405 g/mol. The zero-order chi connectivity index (χ0) is 20.9. The SMILES string of the molecule is CCC[C@H](C(=O)O)[C@H](Cc1ccc(-c2ccc3c(c2)CNCC3)cc1)c1nnn[nH]1. The van der Waals surface area contributed by atoms with Crippen LogP contribution in [0.3, 0.4) is 0 Å². The number of hydrogen-bond acceptors (Lipinski definition) is 5. The van der Waals surface area contributed by atoms with Gasteiger partial charge in [-0.25, -0.2) is 5.10 Å². The molecule has 1 aromatic heterocycles. The minimum Gasteiger partial charge on any atom is -0.481 e. The van der Waals surface area contributed by atoms with Crippen LogP contribution < -0.4 is 5.32 Å². The van der Waals surface area contributed by atoms with E-state index < -0.39 is 11.9 Å². The molecule has 1 aliphatic heterocycles. The summed E-state index contributed by atoms with van der Waals surface area (Å²) in [7, 11) is 0. The standard InChI is InChI=1S/C23H27N5O2/c1-2-3-20(23(29)30)21(22-25-27-28-26-22)12-15-4-6-16(7-5-15)18-9-8-17-10-11-24-14-19(17)13-18/h4-9,13,20-21,24H,2-3,10-12,14H2,1H3,(H,29,30)(H,25,26,27,28)/t20-,21-/m0/s1. The van der Waals surface area contributed by atoms with Crippen LogP contribution in [0.1, 0.15) is 48.2 Å². The molecule has 0 saturated carbocycles. The van der Waals surface area contributed by atoms with E-state index in [0.29, 0.717) is 18.7 Å². The molecule has 0 spiro atoms. The first-order chi connectivity index (χ1) is 14.7. The Bertz CT molecular complexity index is 985. The summed E-state index contributed by atoms with van der Waals surface area (Å²) in [6, 6.07) is 15.1. The Morgan fingerprint density at radius 2 is 1.93 bits per heavy atom. The Balaban J connectivity index is 1.56. The molecule has 0 fully saturated rings. The van der Waals surface area contributed by atoms with E-state index in [9.17, 15) is 9.90 Å². The number of carboxylic acids is 1. The third-order valence-electron chi connectivity index (χ3n) is 5.95. The number of aliphatic carboxylic acids is 1. The summed E-state index contributed by atoms with van der Waals surface area (Å²) in [4.78, 5) is 11.9. The molecule has 2 heterocycles. The van der Waals surface area contributed by atoms with Gasteiger partial charge >= 0.3 is 5.97 Å². The highest BCUT2D eigenvalue weighted by molar-refractivity contribution is 5.71. The summed E-state index contributed by atoms with van der Waals surface area (Å²) in [5.41, 5.74) is 6.22. The lowest BCUT2D eigenvalue weighted by atomic mass is 9.83. The van der Waals surface area contributed by atoms with Crippen LogP contribution in [-0.2, 0) is 24.2 Å². The number of tetrazole rings is 1. The second-order valence-electron chi connectivity index (χ2n) is 7.94. The van der Waals surface area contributed by atoms with E-state index in [1.807, 2.05) is 6.92 Å². The molecule has 7 nitrogen and oxygen atoms in total. The van der Waals surface area contributed by atoms with Crippen molar-refractivity contribution in [2.75, 3.05) is 6.54 Å². The van der Waals surface area contributed by atoms with Crippen LogP contribution >= 0.6 is 0 Å². The van der Waals surface area contributed by atoms with Crippen molar-refractivity contribution >= 4 is 5.97 Å². The number of rotatable bonds is 8. The van der Waals surface area contributed by atoms with Crippen LogP contribution in [0, 0.1) is 5.92 Å². The van der Waals surface area contributed by atoms with Crippen LogP contribution in [0.4, 0.5) is 0 Å². The lowest BCUT2D eigenvalue weighted by Crippen LogP contribution is -2.25. The number of carboxylic acid groups (broad SMARTS) is 1. The fourth-order valence-electron chi connectivity index (χ4n) is 4.31. The molecule has 1 aliphatic rings. The first kappa shape index (κ1) is 20.2. The van der Waals surface area contributed by atoms with E-state index in [2.05, 4.69) is 68.4 Å². The van der Waals surface area contributed by atoms with Crippen LogP contribution in [0.15, 0.2) is 42.5 Å². The molecule has 0 radical (unpaired) electrons. The van der Waals surface area contributed by atoms with Crippen molar-refractivity contribution in [3.8, 4) is 11.1 Å². The summed E-state index contributed by atoms with van der Waals surface area (Å²) in [6.07, 6.45) is 3.03. The molecule has 0 amide bonds. The van der Waals surface area contributed by atoms with Gasteiger partial charge in [-0.05, 0) is 70.1 Å². The van der Waals surface area contributed by atoms with Crippen molar-refractivity contribution < 1.29 is 9.90 Å². The normalized spacial score (nSPS) is 15.4. The van der Waals surface area contributed by atoms with Gasteiger partial charge in [0, 0.05) is 12.5 Å². The number of aromatic nitrogens is 4. The number of benzene rings is 2. The first-order valence-electron chi connectivity index (χ1n) is 10.5. The zero-order valence-electron chi connectivity index (χ0n) is 17.1. The fraction of sp³-hybridized carbons (Fsp3) is 0.391. The Morgan fingerprint density at radius 3 is 2.63 bits per heavy atom. The Labute approximate surface area is 175 Å². The maximum absolute atomic E-state index is 11.9. The van der Waals surface area contributed by atoms with Gasteiger partial charge in [-0.15, -0.1) is 5.10 Å². The molecule has 30 heavy (non-hydrogen) atoms. The number of aromatic amines is 1. The molecule has 0 aliphatic carbocycles. The third-order valence-corrected chi connectivity index (χ3v) is 5.95. The van der Waals surface area contributed by atoms with Gasteiger partial charge in [0.25, 0.3) is 0 Å². The highest BCUT2D eigenvalue weighted by atomic mass is 16.4. The molecule has 2 atom stereocenters. The van der Waals surface area contributed by atoms with Crippen LogP contribution in [0.2, 0.25) is 0 Å². The van der Waals surface area contributed by atoms with E-state index in [4.69, 9.17) is 0 Å². The number of nitrogens with one attached hydrogen (secondary N) is 2. The van der Waals surface area contributed by atoms with E-state index in [1.165, 1.54) is 16.7 Å². The Hall–Kier alpha value is -3.06. The van der Waals surface area contributed by atoms with Crippen molar-refractivity contribution in [3.05, 3.63) is 65.0 Å². The highest BCUT2D eigenvalue weighted by Crippen LogP contribution is 2.31. The van der Waals surface area contributed by atoms with Crippen molar-refractivity contribution in [1.82, 2.24) is 25.9 Å². The lowest BCUT2D eigenvalue weighted by Gasteiger charge is -2.21. The third kappa shape index (κ3) is 4.41. The van der Waals surface area contributed by atoms with Gasteiger partial charge in [-0.2, -0.15) is 0 Å². The van der Waals surface area contributed by atoms with Crippen molar-refractivity contribution in [2.24, 2.45) is 5.92 Å². The van der Waals surface area contributed by atoms with Gasteiger partial charge in [0.2, 0.25) is 0 Å². The topological polar surface area (TPSA) is 104 Å².